The van der Waals surface area contributed by atoms with Crippen LogP contribution in [0.4, 0.5) is 0 Å². The van der Waals surface area contributed by atoms with Gasteiger partial charge in [0, 0.05) is 23.5 Å². The minimum absolute atomic E-state index is 0.704. The third kappa shape index (κ3) is 5.34. The summed E-state index contributed by atoms with van der Waals surface area (Å²) >= 11 is 0. The number of hydrogen-bond donors (Lipinski definition) is 0. The summed E-state index contributed by atoms with van der Waals surface area (Å²) in [6.45, 7) is 0. The maximum absolute atomic E-state index is 5.19. The summed E-state index contributed by atoms with van der Waals surface area (Å²) in [6, 6.07) is 57.4. The Morgan fingerprint density at radius 3 is 1.72 bits per heavy atom. The number of fused-ring (bicyclic) bond motifs is 3. The van der Waals surface area contributed by atoms with E-state index in [0.717, 1.165) is 61.1 Å². The van der Waals surface area contributed by atoms with Crippen molar-refractivity contribution in [2.24, 2.45) is 0 Å². The number of hydrogen-bond acceptors (Lipinski definition) is 4. The topological polar surface area (TPSA) is 56.5 Å². The molecule has 5 nitrogen and oxygen atoms in total. The van der Waals surface area contributed by atoms with Gasteiger partial charge in [0.1, 0.15) is 5.82 Å². The summed E-state index contributed by atoms with van der Waals surface area (Å²) in [6.07, 6.45) is 7.43. The molecule has 5 heteroatoms. The molecule has 0 spiro atoms. The van der Waals surface area contributed by atoms with Gasteiger partial charge in [0.25, 0.3) is 0 Å². The Kier molecular flexibility index (Phi) is 7.40. The first-order valence-corrected chi connectivity index (χ1v) is 17.7. The van der Waals surface area contributed by atoms with Gasteiger partial charge in [0.05, 0.1) is 29.1 Å². The molecule has 0 unspecified atom stereocenters. The first kappa shape index (κ1) is 30.6. The Morgan fingerprint density at radius 2 is 0.981 bits per heavy atom. The van der Waals surface area contributed by atoms with Gasteiger partial charge in [-0.25, -0.2) is 9.97 Å². The zero-order valence-electron chi connectivity index (χ0n) is 28.6. The van der Waals surface area contributed by atoms with Gasteiger partial charge in [-0.2, -0.15) is 0 Å². The second kappa shape index (κ2) is 12.8. The highest BCUT2D eigenvalue weighted by Gasteiger charge is 2.20. The van der Waals surface area contributed by atoms with Crippen LogP contribution in [0.2, 0.25) is 0 Å². The molecule has 3 heterocycles. The average molecular weight is 678 g/mol. The number of nitrogens with zero attached hydrogens (tertiary/aromatic N) is 5. The Labute approximate surface area is 306 Å². The van der Waals surface area contributed by atoms with Crippen LogP contribution in [0.3, 0.4) is 0 Å². The lowest BCUT2D eigenvalue weighted by atomic mass is 9.86. The Balaban J connectivity index is 1.16. The Morgan fingerprint density at radius 1 is 0.396 bits per heavy atom. The molecule has 0 aliphatic carbocycles. The van der Waals surface area contributed by atoms with Crippen LogP contribution >= 0.6 is 0 Å². The van der Waals surface area contributed by atoms with Gasteiger partial charge < -0.3 is 0 Å². The van der Waals surface area contributed by atoms with Gasteiger partial charge in [0.15, 0.2) is 5.82 Å². The molecule has 53 heavy (non-hydrogen) atoms. The van der Waals surface area contributed by atoms with Crippen LogP contribution in [0.15, 0.2) is 189 Å². The predicted molar refractivity (Wildman–Crippen MR) is 217 cm³/mol. The molecular formula is C48H31N5. The molecule has 0 saturated carbocycles. The van der Waals surface area contributed by atoms with E-state index in [9.17, 15) is 0 Å². The summed E-state index contributed by atoms with van der Waals surface area (Å²) < 4.78 is 2.11. The van der Waals surface area contributed by atoms with E-state index in [4.69, 9.17) is 15.0 Å². The molecular weight excluding hydrogens is 647 g/mol. The van der Waals surface area contributed by atoms with Crippen molar-refractivity contribution in [3.63, 3.8) is 0 Å². The number of rotatable bonds is 6. The van der Waals surface area contributed by atoms with E-state index in [-0.39, 0.29) is 0 Å². The van der Waals surface area contributed by atoms with Crippen LogP contribution in [0, 0.1) is 0 Å². The summed E-state index contributed by atoms with van der Waals surface area (Å²) in [4.78, 5) is 19.6. The van der Waals surface area contributed by atoms with Gasteiger partial charge in [-0.15, -0.1) is 0 Å². The molecule has 0 fully saturated rings. The van der Waals surface area contributed by atoms with Crippen LogP contribution in [0.1, 0.15) is 0 Å². The second-order valence-electron chi connectivity index (χ2n) is 13.1. The van der Waals surface area contributed by atoms with Crippen molar-refractivity contribution in [3.05, 3.63) is 189 Å². The molecule has 7 aromatic carbocycles. The van der Waals surface area contributed by atoms with Crippen LogP contribution in [0.25, 0.3) is 94.4 Å². The standard InChI is InChI=1S/C48H31N5/c1-3-11-32(12-4-1)37-23-24-40-41(29-37)47(39-16-8-7-15-38(39)46(40)35-13-5-2-6-14-35)43-30-51-45(31-50-43)53-44-18-10-9-17-42(44)52-48(53)36-21-19-33(20-22-36)34-25-27-49-28-26-34/h1-31H. The molecule has 0 bridgehead atoms. The van der Waals surface area contributed by atoms with Crippen molar-refractivity contribution in [1.82, 2.24) is 24.5 Å². The van der Waals surface area contributed by atoms with E-state index in [1.807, 2.05) is 55.1 Å². The second-order valence-corrected chi connectivity index (χ2v) is 13.1. The lowest BCUT2D eigenvalue weighted by Crippen LogP contribution is -2.02. The SMILES string of the molecule is c1ccc(-c2ccc3c(-c4ccccc4)c4ccccc4c(-c4cnc(-n5c(-c6ccc(-c7ccncc7)cc6)nc6ccccc65)cn4)c3c2)cc1. The molecule has 10 aromatic rings. The number of para-hydroxylation sites is 2. The van der Waals surface area contributed by atoms with Crippen LogP contribution in [-0.4, -0.2) is 24.5 Å². The van der Waals surface area contributed by atoms with Crippen molar-refractivity contribution in [3.8, 4) is 61.8 Å². The number of aromatic nitrogens is 5. The van der Waals surface area contributed by atoms with Gasteiger partial charge in [-0.1, -0.05) is 133 Å². The minimum Gasteiger partial charge on any atom is -0.275 e. The Bertz CT molecular complexity index is 2900. The molecule has 0 aliphatic rings. The fourth-order valence-corrected chi connectivity index (χ4v) is 7.55. The van der Waals surface area contributed by atoms with Gasteiger partial charge in [-0.05, 0) is 85.3 Å². The van der Waals surface area contributed by atoms with E-state index in [2.05, 4.69) is 143 Å². The first-order chi connectivity index (χ1) is 26.3. The average Bonchev–Trinajstić information content (AvgIpc) is 3.63. The van der Waals surface area contributed by atoms with Crippen molar-refractivity contribution in [2.75, 3.05) is 0 Å². The molecule has 3 aromatic heterocycles. The normalized spacial score (nSPS) is 11.4. The minimum atomic E-state index is 0.704. The highest BCUT2D eigenvalue weighted by Crippen LogP contribution is 2.44. The van der Waals surface area contributed by atoms with Crippen LogP contribution < -0.4 is 0 Å². The summed E-state index contributed by atoms with van der Waals surface area (Å²) in [5, 5.41) is 4.62. The lowest BCUT2D eigenvalue weighted by molar-refractivity contribution is 1.01. The fraction of sp³-hybridized carbons (Fsp3) is 0. The van der Waals surface area contributed by atoms with Gasteiger partial charge in [-0.3, -0.25) is 14.5 Å². The van der Waals surface area contributed by atoms with Crippen molar-refractivity contribution in [1.29, 1.82) is 0 Å². The highest BCUT2D eigenvalue weighted by atomic mass is 15.1. The highest BCUT2D eigenvalue weighted by molar-refractivity contribution is 6.21. The molecule has 10 rings (SSSR count). The van der Waals surface area contributed by atoms with E-state index < -0.39 is 0 Å². The molecule has 0 amide bonds. The van der Waals surface area contributed by atoms with Crippen LogP contribution in [-0.2, 0) is 0 Å². The fourth-order valence-electron chi connectivity index (χ4n) is 7.55. The molecule has 248 valence electrons. The van der Waals surface area contributed by atoms with E-state index in [0.29, 0.717) is 5.82 Å². The smallest absolute Gasteiger partial charge is 0.157 e. The van der Waals surface area contributed by atoms with Gasteiger partial charge in [0.2, 0.25) is 0 Å². The molecule has 0 atom stereocenters. The van der Waals surface area contributed by atoms with Crippen molar-refractivity contribution in [2.45, 2.75) is 0 Å². The quantitative estimate of drug-likeness (QED) is 0.164. The number of imidazole rings is 1. The summed E-state index contributed by atoms with van der Waals surface area (Å²) in [7, 11) is 0. The molecule has 0 aliphatic heterocycles. The third-order valence-corrected chi connectivity index (χ3v) is 10.0. The largest absolute Gasteiger partial charge is 0.275 e. The van der Waals surface area contributed by atoms with E-state index in [1.54, 1.807) is 0 Å². The maximum Gasteiger partial charge on any atom is 0.157 e. The monoisotopic (exact) mass is 677 g/mol. The zero-order valence-corrected chi connectivity index (χ0v) is 28.6. The van der Waals surface area contributed by atoms with E-state index in [1.165, 1.54) is 27.5 Å². The molecule has 0 N–H and O–H groups in total. The third-order valence-electron chi connectivity index (χ3n) is 10.0. The maximum atomic E-state index is 5.19. The molecule has 0 saturated heterocycles. The van der Waals surface area contributed by atoms with Gasteiger partial charge >= 0.3 is 0 Å². The molecule has 0 radical (unpaired) electrons. The summed E-state index contributed by atoms with van der Waals surface area (Å²) in [5.74, 6) is 1.51. The number of benzene rings is 7. The lowest BCUT2D eigenvalue weighted by Gasteiger charge is -2.18. The van der Waals surface area contributed by atoms with E-state index >= 15 is 0 Å². The van der Waals surface area contributed by atoms with Crippen molar-refractivity contribution < 1.29 is 0 Å². The predicted octanol–water partition coefficient (Wildman–Crippen LogP) is 11.9. The number of pyridine rings is 1. The van der Waals surface area contributed by atoms with Crippen LogP contribution in [0.5, 0.6) is 0 Å². The summed E-state index contributed by atoms with van der Waals surface area (Å²) in [5.41, 5.74) is 11.7. The van der Waals surface area contributed by atoms with Crippen molar-refractivity contribution >= 4 is 32.6 Å². The first-order valence-electron chi connectivity index (χ1n) is 17.7. The zero-order chi connectivity index (χ0) is 35.1. The Hall–Kier alpha value is -7.24.